The molecule has 0 unspecified atom stereocenters. The second-order valence-electron chi connectivity index (χ2n) is 5.12. The predicted octanol–water partition coefficient (Wildman–Crippen LogP) is 0.284. The summed E-state index contributed by atoms with van der Waals surface area (Å²) in [7, 11) is 8.15. The van der Waals surface area contributed by atoms with Crippen molar-refractivity contribution in [3.05, 3.63) is 0 Å². The molecule has 0 amide bonds. The van der Waals surface area contributed by atoms with Crippen molar-refractivity contribution in [3.8, 4) is 0 Å². The number of ether oxygens (including phenoxy) is 2. The lowest BCUT2D eigenvalue weighted by molar-refractivity contribution is -0.0207. The quantitative estimate of drug-likeness (QED) is 0.512. The fraction of sp³-hybridized carbons (Fsp3) is 1.00. The molecule has 0 radical (unpaired) electrons. The van der Waals surface area contributed by atoms with E-state index in [9.17, 15) is 5.11 Å². The molecule has 0 bridgehead atoms. The van der Waals surface area contributed by atoms with E-state index >= 15 is 0 Å². The van der Waals surface area contributed by atoms with Crippen LogP contribution in [0.2, 0.25) is 0 Å². The van der Waals surface area contributed by atoms with Crippen molar-refractivity contribution >= 4 is 0 Å². The molecule has 1 N–H and O–H groups in total. The normalized spacial score (nSPS) is 12.0. The van der Waals surface area contributed by atoms with E-state index in [1.807, 2.05) is 28.2 Å². The van der Waals surface area contributed by atoms with Crippen molar-refractivity contribution in [1.29, 1.82) is 0 Å². The van der Waals surface area contributed by atoms with Crippen molar-refractivity contribution in [2.45, 2.75) is 18.9 Å². The molecule has 0 aromatic carbocycles. The van der Waals surface area contributed by atoms with Crippen molar-refractivity contribution in [2.75, 3.05) is 67.7 Å². The number of aliphatic hydroxyl groups excluding tert-OH is 1. The third-order valence-corrected chi connectivity index (χ3v) is 2.41. The van der Waals surface area contributed by atoms with Crippen LogP contribution in [-0.2, 0) is 9.47 Å². The van der Waals surface area contributed by atoms with Crippen LogP contribution in [0.4, 0.5) is 0 Å². The minimum atomic E-state index is -0.510. The van der Waals surface area contributed by atoms with Gasteiger partial charge in [0.2, 0.25) is 0 Å². The minimum absolute atomic E-state index is 0.362. The first-order chi connectivity index (χ1) is 8.52. The smallest absolute Gasteiger partial charge is 0.101 e. The first kappa shape index (κ1) is 17.8. The standard InChI is InChI=1S/C13H30N2O3/c1-14(2)7-5-9-17-11-13(16)12-18-10-6-8-15(3)4/h13,16H,5-12H2,1-4H3. The molecule has 0 atom stereocenters. The molecule has 0 aliphatic carbocycles. The van der Waals surface area contributed by atoms with Gasteiger partial charge in [-0.25, -0.2) is 0 Å². The van der Waals surface area contributed by atoms with Gasteiger partial charge in [-0.3, -0.25) is 0 Å². The molecular formula is C13H30N2O3. The van der Waals surface area contributed by atoms with Gasteiger partial charge in [-0.2, -0.15) is 0 Å². The molecule has 0 aliphatic heterocycles. The summed E-state index contributed by atoms with van der Waals surface area (Å²) in [5.41, 5.74) is 0. The molecule has 110 valence electrons. The first-order valence-electron chi connectivity index (χ1n) is 6.65. The number of hydrogen-bond acceptors (Lipinski definition) is 5. The molecule has 18 heavy (non-hydrogen) atoms. The lowest BCUT2D eigenvalue weighted by Gasteiger charge is -2.14. The minimum Gasteiger partial charge on any atom is -0.388 e. The number of hydrogen-bond donors (Lipinski definition) is 1. The maximum Gasteiger partial charge on any atom is 0.101 e. The summed E-state index contributed by atoms with van der Waals surface area (Å²) in [5.74, 6) is 0. The third-order valence-electron chi connectivity index (χ3n) is 2.41. The van der Waals surface area contributed by atoms with Gasteiger partial charge in [-0.15, -0.1) is 0 Å². The summed E-state index contributed by atoms with van der Waals surface area (Å²) >= 11 is 0. The molecule has 0 fully saturated rings. The van der Waals surface area contributed by atoms with E-state index in [-0.39, 0.29) is 0 Å². The highest BCUT2D eigenvalue weighted by Crippen LogP contribution is 1.92. The van der Waals surface area contributed by atoms with Gasteiger partial charge in [-0.1, -0.05) is 0 Å². The summed E-state index contributed by atoms with van der Waals surface area (Å²) in [4.78, 5) is 4.24. The van der Waals surface area contributed by atoms with Gasteiger partial charge < -0.3 is 24.4 Å². The third kappa shape index (κ3) is 13.9. The Morgan fingerprint density at radius 1 is 0.833 bits per heavy atom. The summed E-state index contributed by atoms with van der Waals surface area (Å²) in [6.07, 6.45) is 1.47. The Morgan fingerprint density at radius 3 is 1.56 bits per heavy atom. The zero-order valence-electron chi connectivity index (χ0n) is 12.4. The van der Waals surface area contributed by atoms with Crippen molar-refractivity contribution in [1.82, 2.24) is 9.80 Å². The van der Waals surface area contributed by atoms with Crippen LogP contribution < -0.4 is 0 Å². The SMILES string of the molecule is CN(C)CCCOCC(O)COCCCN(C)C. The van der Waals surface area contributed by atoms with Gasteiger partial charge in [0.1, 0.15) is 6.10 Å². The molecule has 0 aromatic heterocycles. The second-order valence-corrected chi connectivity index (χ2v) is 5.12. The Labute approximate surface area is 112 Å². The van der Waals surface area contributed by atoms with Crippen molar-refractivity contribution in [3.63, 3.8) is 0 Å². The Kier molecular flexibility index (Phi) is 11.7. The average molecular weight is 262 g/mol. The van der Waals surface area contributed by atoms with Crippen molar-refractivity contribution < 1.29 is 14.6 Å². The first-order valence-corrected chi connectivity index (χ1v) is 6.65. The van der Waals surface area contributed by atoms with Crippen LogP contribution in [0.1, 0.15) is 12.8 Å². The molecule has 0 aliphatic rings. The van der Waals surface area contributed by atoms with Gasteiger partial charge in [0.15, 0.2) is 0 Å². The van der Waals surface area contributed by atoms with Crippen LogP contribution in [-0.4, -0.2) is 88.7 Å². The van der Waals surface area contributed by atoms with E-state index < -0.39 is 6.10 Å². The van der Waals surface area contributed by atoms with Crippen LogP contribution in [0, 0.1) is 0 Å². The van der Waals surface area contributed by atoms with Gasteiger partial charge in [0, 0.05) is 13.2 Å². The van der Waals surface area contributed by atoms with Crippen LogP contribution in [0.25, 0.3) is 0 Å². The highest BCUT2D eigenvalue weighted by molar-refractivity contribution is 4.52. The zero-order valence-corrected chi connectivity index (χ0v) is 12.4. The van der Waals surface area contributed by atoms with Crippen LogP contribution in [0.15, 0.2) is 0 Å². The molecule has 0 aromatic rings. The van der Waals surface area contributed by atoms with Gasteiger partial charge in [-0.05, 0) is 54.1 Å². The van der Waals surface area contributed by atoms with Crippen LogP contribution >= 0.6 is 0 Å². The highest BCUT2D eigenvalue weighted by atomic mass is 16.5. The Balaban J connectivity index is 3.19. The summed E-state index contributed by atoms with van der Waals surface area (Å²) in [6, 6.07) is 0. The molecule has 0 rings (SSSR count). The Hall–Kier alpha value is -0.200. The monoisotopic (exact) mass is 262 g/mol. The van der Waals surface area contributed by atoms with E-state index in [0.29, 0.717) is 26.4 Å². The zero-order chi connectivity index (χ0) is 13.8. The van der Waals surface area contributed by atoms with Crippen LogP contribution in [0.3, 0.4) is 0 Å². The van der Waals surface area contributed by atoms with E-state index in [0.717, 1.165) is 25.9 Å². The molecule has 0 saturated carbocycles. The van der Waals surface area contributed by atoms with Gasteiger partial charge in [0.25, 0.3) is 0 Å². The van der Waals surface area contributed by atoms with Crippen molar-refractivity contribution in [2.24, 2.45) is 0 Å². The summed E-state index contributed by atoms with van der Waals surface area (Å²) in [6.45, 7) is 4.13. The fourth-order valence-corrected chi connectivity index (χ4v) is 1.45. The predicted molar refractivity (Wildman–Crippen MR) is 74.0 cm³/mol. The van der Waals surface area contributed by atoms with Gasteiger partial charge in [0.05, 0.1) is 13.2 Å². The average Bonchev–Trinajstić information content (AvgIpc) is 2.27. The number of rotatable bonds is 12. The molecule has 0 heterocycles. The molecule has 5 nitrogen and oxygen atoms in total. The number of aliphatic hydroxyl groups is 1. The topological polar surface area (TPSA) is 45.2 Å². The lowest BCUT2D eigenvalue weighted by Crippen LogP contribution is -2.24. The molecule has 0 saturated heterocycles. The molecule has 5 heteroatoms. The maximum atomic E-state index is 9.60. The summed E-state index contributed by atoms with van der Waals surface area (Å²) < 4.78 is 10.8. The number of nitrogens with zero attached hydrogens (tertiary/aromatic N) is 2. The van der Waals surface area contributed by atoms with E-state index in [1.54, 1.807) is 0 Å². The Bertz CT molecular complexity index is 160. The summed E-state index contributed by atoms with van der Waals surface area (Å²) in [5, 5.41) is 9.60. The second kappa shape index (κ2) is 11.9. The molecule has 0 spiro atoms. The Morgan fingerprint density at radius 2 is 1.22 bits per heavy atom. The van der Waals surface area contributed by atoms with E-state index in [1.165, 1.54) is 0 Å². The largest absolute Gasteiger partial charge is 0.388 e. The fourth-order valence-electron chi connectivity index (χ4n) is 1.45. The molecular weight excluding hydrogens is 232 g/mol. The van der Waals surface area contributed by atoms with Gasteiger partial charge >= 0.3 is 0 Å². The highest BCUT2D eigenvalue weighted by Gasteiger charge is 2.04. The lowest BCUT2D eigenvalue weighted by atomic mass is 10.4. The maximum absolute atomic E-state index is 9.60. The van der Waals surface area contributed by atoms with E-state index in [2.05, 4.69) is 9.80 Å². The van der Waals surface area contributed by atoms with E-state index in [4.69, 9.17) is 9.47 Å². The van der Waals surface area contributed by atoms with Crippen LogP contribution in [0.5, 0.6) is 0 Å².